The molecule has 130 valence electrons. The van der Waals surface area contributed by atoms with Crippen LogP contribution in [0, 0.1) is 6.92 Å². The molecular weight excluding hydrogens is 350 g/mol. The largest absolute Gasteiger partial charge is 0.438 e. The highest BCUT2D eigenvalue weighted by atomic mass is 32.1. The molecule has 0 saturated heterocycles. The van der Waals surface area contributed by atoms with Crippen molar-refractivity contribution in [3.63, 3.8) is 0 Å². The maximum atomic E-state index is 13.0. The van der Waals surface area contributed by atoms with Crippen LogP contribution in [0.3, 0.4) is 0 Å². The second kappa shape index (κ2) is 5.77. The molecule has 0 radical (unpaired) electrons. The molecule has 1 aromatic carbocycles. The third-order valence-electron chi connectivity index (χ3n) is 4.70. The number of imidazole rings is 1. The number of nitrogens with zero attached hydrogens (tertiary/aromatic N) is 4. The van der Waals surface area contributed by atoms with Crippen LogP contribution >= 0.6 is 11.3 Å². The molecule has 1 N–H and O–H groups in total. The Morgan fingerprint density at radius 1 is 1.42 bits per heavy atom. The van der Waals surface area contributed by atoms with Crippen molar-refractivity contribution in [3.8, 4) is 0 Å². The Morgan fingerprint density at radius 2 is 2.35 bits per heavy atom. The van der Waals surface area contributed by atoms with Gasteiger partial charge in [0.15, 0.2) is 6.39 Å². The number of rotatable bonds is 2. The standard InChI is InChI=1S/C18H15N5O2S/c1-10-3-2-4-13-14(10)22-17(26-13)16-15-11(20-8-21-15)5-6-23(16)18(24)12-7-19-9-25-12/h2-4,7-9,16H,5-6H2,1H3,(H,20,21)/t16-/m0/s1. The van der Waals surface area contributed by atoms with Crippen LogP contribution in [-0.4, -0.2) is 37.3 Å². The van der Waals surface area contributed by atoms with Crippen LogP contribution in [0.2, 0.25) is 0 Å². The van der Waals surface area contributed by atoms with Gasteiger partial charge in [-0.1, -0.05) is 12.1 Å². The number of oxazole rings is 1. The van der Waals surface area contributed by atoms with Crippen LogP contribution < -0.4 is 0 Å². The SMILES string of the molecule is Cc1cccc2sc([C@@H]3c4nc[nH]c4CCN3C(=O)c3cnco3)nc12. The lowest BCUT2D eigenvalue weighted by Gasteiger charge is -2.33. The van der Waals surface area contributed by atoms with Crippen molar-refractivity contribution in [2.24, 2.45) is 0 Å². The van der Waals surface area contributed by atoms with Crippen LogP contribution in [0.4, 0.5) is 0 Å². The van der Waals surface area contributed by atoms with Crippen LogP contribution in [0.5, 0.6) is 0 Å². The molecule has 7 nitrogen and oxygen atoms in total. The topological polar surface area (TPSA) is 87.9 Å². The fraction of sp³-hybridized carbons (Fsp3) is 0.222. The maximum absolute atomic E-state index is 13.0. The maximum Gasteiger partial charge on any atom is 0.292 e. The Morgan fingerprint density at radius 3 is 3.15 bits per heavy atom. The number of aromatic amines is 1. The Bertz CT molecular complexity index is 1100. The summed E-state index contributed by atoms with van der Waals surface area (Å²) in [4.78, 5) is 31.2. The zero-order valence-electron chi connectivity index (χ0n) is 14.0. The van der Waals surface area contributed by atoms with Gasteiger partial charge >= 0.3 is 0 Å². The van der Waals surface area contributed by atoms with E-state index in [4.69, 9.17) is 9.40 Å². The minimum atomic E-state index is -0.334. The Kier molecular flexibility index (Phi) is 3.39. The number of H-pyrrole nitrogens is 1. The van der Waals surface area contributed by atoms with Crippen LogP contribution in [0.1, 0.15) is 38.6 Å². The van der Waals surface area contributed by atoms with Crippen molar-refractivity contribution in [2.45, 2.75) is 19.4 Å². The highest BCUT2D eigenvalue weighted by molar-refractivity contribution is 7.18. The van der Waals surface area contributed by atoms with Crippen molar-refractivity contribution in [1.82, 2.24) is 24.8 Å². The molecule has 0 bridgehead atoms. The number of aryl methyl sites for hydroxylation is 1. The minimum Gasteiger partial charge on any atom is -0.438 e. The average molecular weight is 365 g/mol. The average Bonchev–Trinajstić information content (AvgIpc) is 3.39. The second-order valence-corrected chi connectivity index (χ2v) is 7.32. The number of thiazole rings is 1. The predicted octanol–water partition coefficient (Wildman–Crippen LogP) is 3.10. The fourth-order valence-corrected chi connectivity index (χ4v) is 4.59. The van der Waals surface area contributed by atoms with Gasteiger partial charge < -0.3 is 14.3 Å². The molecule has 1 atom stereocenters. The zero-order chi connectivity index (χ0) is 17.7. The van der Waals surface area contributed by atoms with E-state index in [1.165, 1.54) is 12.6 Å². The van der Waals surface area contributed by atoms with Crippen LogP contribution in [0.25, 0.3) is 10.2 Å². The summed E-state index contributed by atoms with van der Waals surface area (Å²) in [5.41, 5.74) is 3.99. The Labute approximate surface area is 152 Å². The number of amides is 1. The molecule has 0 spiro atoms. The minimum absolute atomic E-state index is 0.197. The summed E-state index contributed by atoms with van der Waals surface area (Å²) in [7, 11) is 0. The summed E-state index contributed by atoms with van der Waals surface area (Å²) < 4.78 is 6.34. The molecule has 26 heavy (non-hydrogen) atoms. The van der Waals surface area contributed by atoms with Crippen LogP contribution in [0.15, 0.2) is 41.5 Å². The number of para-hydroxylation sites is 1. The Balaban J connectivity index is 1.66. The molecule has 0 saturated carbocycles. The van der Waals surface area contributed by atoms with E-state index in [2.05, 4.69) is 21.0 Å². The first-order valence-electron chi connectivity index (χ1n) is 8.30. The summed E-state index contributed by atoms with van der Waals surface area (Å²) in [6, 6.07) is 5.79. The van der Waals surface area contributed by atoms with Gasteiger partial charge in [0, 0.05) is 18.7 Å². The van der Waals surface area contributed by atoms with E-state index in [1.54, 1.807) is 22.6 Å². The number of hydrogen-bond acceptors (Lipinski definition) is 6. The fourth-order valence-electron chi connectivity index (χ4n) is 3.43. The Hall–Kier alpha value is -3.00. The molecular formula is C18H15N5O2S. The molecule has 3 aromatic heterocycles. The van der Waals surface area contributed by atoms with Gasteiger partial charge in [0.2, 0.25) is 5.76 Å². The van der Waals surface area contributed by atoms with E-state index >= 15 is 0 Å². The quantitative estimate of drug-likeness (QED) is 0.590. The first kappa shape index (κ1) is 15.3. The number of hydrogen-bond donors (Lipinski definition) is 1. The van der Waals surface area contributed by atoms with Gasteiger partial charge in [-0.15, -0.1) is 11.3 Å². The van der Waals surface area contributed by atoms with Gasteiger partial charge in [0.1, 0.15) is 11.0 Å². The summed E-state index contributed by atoms with van der Waals surface area (Å²) in [5, 5.41) is 0.857. The zero-order valence-corrected chi connectivity index (χ0v) is 14.8. The molecule has 4 aromatic rings. The highest BCUT2D eigenvalue weighted by Crippen LogP contribution is 2.38. The molecule has 8 heteroatoms. The van der Waals surface area contributed by atoms with E-state index < -0.39 is 0 Å². The summed E-state index contributed by atoms with van der Waals surface area (Å²) in [6.07, 6.45) is 5.11. The summed E-state index contributed by atoms with van der Waals surface area (Å²) in [6.45, 7) is 2.61. The molecule has 0 unspecified atom stereocenters. The number of carbonyl (C=O) groups is 1. The van der Waals surface area contributed by atoms with Crippen molar-refractivity contribution >= 4 is 27.5 Å². The first-order chi connectivity index (χ1) is 12.7. The second-order valence-electron chi connectivity index (χ2n) is 6.26. The van der Waals surface area contributed by atoms with E-state index in [1.807, 2.05) is 19.1 Å². The van der Waals surface area contributed by atoms with Crippen molar-refractivity contribution in [3.05, 3.63) is 64.8 Å². The van der Waals surface area contributed by atoms with E-state index in [0.717, 1.165) is 38.6 Å². The number of fused-ring (bicyclic) bond motifs is 2. The van der Waals surface area contributed by atoms with Gasteiger partial charge in [0.25, 0.3) is 5.91 Å². The van der Waals surface area contributed by atoms with Gasteiger partial charge in [-0.3, -0.25) is 4.79 Å². The lowest BCUT2D eigenvalue weighted by molar-refractivity contribution is 0.0658. The van der Waals surface area contributed by atoms with Crippen molar-refractivity contribution in [2.75, 3.05) is 6.54 Å². The predicted molar refractivity (Wildman–Crippen MR) is 96.0 cm³/mol. The molecule has 0 aliphatic carbocycles. The number of benzene rings is 1. The summed E-state index contributed by atoms with van der Waals surface area (Å²) in [5.74, 6) is 0.0309. The third-order valence-corrected chi connectivity index (χ3v) is 5.77. The van der Waals surface area contributed by atoms with E-state index in [-0.39, 0.29) is 17.7 Å². The van der Waals surface area contributed by atoms with Gasteiger partial charge in [-0.05, 0) is 18.6 Å². The van der Waals surface area contributed by atoms with Crippen LogP contribution in [-0.2, 0) is 6.42 Å². The third kappa shape index (κ3) is 2.26. The van der Waals surface area contributed by atoms with E-state index in [0.29, 0.717) is 6.54 Å². The lowest BCUT2D eigenvalue weighted by Crippen LogP contribution is -2.40. The number of aromatic nitrogens is 4. The van der Waals surface area contributed by atoms with Gasteiger partial charge in [0.05, 0.1) is 28.4 Å². The van der Waals surface area contributed by atoms with Gasteiger partial charge in [-0.25, -0.2) is 15.0 Å². The monoisotopic (exact) mass is 365 g/mol. The molecule has 1 amide bonds. The molecule has 4 heterocycles. The molecule has 5 rings (SSSR count). The van der Waals surface area contributed by atoms with Gasteiger partial charge in [-0.2, -0.15) is 0 Å². The smallest absolute Gasteiger partial charge is 0.292 e. The van der Waals surface area contributed by atoms with E-state index in [9.17, 15) is 4.79 Å². The first-order valence-corrected chi connectivity index (χ1v) is 9.11. The normalized spacial score (nSPS) is 16.8. The van der Waals surface area contributed by atoms with Crippen molar-refractivity contribution in [1.29, 1.82) is 0 Å². The number of nitrogens with one attached hydrogen (secondary N) is 1. The molecule has 1 aliphatic heterocycles. The lowest BCUT2D eigenvalue weighted by atomic mass is 10.0. The van der Waals surface area contributed by atoms with Crippen molar-refractivity contribution < 1.29 is 9.21 Å². The molecule has 1 aliphatic rings. The number of carbonyl (C=O) groups excluding carboxylic acids is 1. The highest BCUT2D eigenvalue weighted by Gasteiger charge is 2.37. The molecule has 0 fully saturated rings. The summed E-state index contributed by atoms with van der Waals surface area (Å²) >= 11 is 1.60.